The Balaban J connectivity index is 1.88. The fourth-order valence-electron chi connectivity index (χ4n) is 1.96. The minimum atomic E-state index is -0.392. The monoisotopic (exact) mass is 301 g/mol. The minimum absolute atomic E-state index is 0.0767. The molecule has 2 aromatic rings. The highest BCUT2D eigenvalue weighted by atomic mass is 19.1. The Labute approximate surface area is 130 Å². The molecule has 3 nitrogen and oxygen atoms in total. The lowest BCUT2D eigenvalue weighted by atomic mass is 9.87. The van der Waals surface area contributed by atoms with E-state index in [0.29, 0.717) is 11.4 Å². The van der Waals surface area contributed by atoms with Crippen molar-refractivity contribution in [2.75, 3.05) is 11.9 Å². The van der Waals surface area contributed by atoms with Gasteiger partial charge < -0.3 is 10.1 Å². The van der Waals surface area contributed by atoms with Crippen molar-refractivity contribution >= 4 is 11.6 Å². The van der Waals surface area contributed by atoms with Gasteiger partial charge in [0.25, 0.3) is 5.91 Å². The normalized spacial score (nSPS) is 11.1. The zero-order chi connectivity index (χ0) is 16.2. The summed E-state index contributed by atoms with van der Waals surface area (Å²) in [6, 6.07) is 13.4. The van der Waals surface area contributed by atoms with Crippen molar-refractivity contribution in [3.63, 3.8) is 0 Å². The van der Waals surface area contributed by atoms with E-state index in [9.17, 15) is 9.18 Å². The summed E-state index contributed by atoms with van der Waals surface area (Å²) in [5, 5.41) is 2.58. The van der Waals surface area contributed by atoms with Gasteiger partial charge in [-0.05, 0) is 41.3 Å². The average Bonchev–Trinajstić information content (AvgIpc) is 2.45. The minimum Gasteiger partial charge on any atom is -0.484 e. The molecular formula is C18H20FNO2. The Morgan fingerprint density at radius 2 is 1.82 bits per heavy atom. The van der Waals surface area contributed by atoms with E-state index in [1.807, 2.05) is 24.3 Å². The molecule has 0 aliphatic rings. The van der Waals surface area contributed by atoms with Gasteiger partial charge in [0.1, 0.15) is 11.6 Å². The molecule has 2 rings (SSSR count). The van der Waals surface area contributed by atoms with Gasteiger partial charge >= 0.3 is 0 Å². The molecule has 0 aromatic heterocycles. The number of carbonyl (C=O) groups is 1. The first-order valence-corrected chi connectivity index (χ1v) is 7.13. The molecule has 0 unspecified atom stereocenters. The van der Waals surface area contributed by atoms with Crippen LogP contribution in [0.25, 0.3) is 0 Å². The molecule has 0 atom stereocenters. The topological polar surface area (TPSA) is 38.3 Å². The van der Waals surface area contributed by atoms with Gasteiger partial charge in [0.15, 0.2) is 6.61 Å². The number of anilines is 1. The summed E-state index contributed by atoms with van der Waals surface area (Å²) in [5.74, 6) is -0.0932. The van der Waals surface area contributed by atoms with Gasteiger partial charge in [-0.2, -0.15) is 0 Å². The molecule has 4 heteroatoms. The number of carbonyl (C=O) groups excluding carboxylic acids is 1. The number of halogens is 1. The number of hydrogen-bond acceptors (Lipinski definition) is 2. The fraction of sp³-hybridized carbons (Fsp3) is 0.278. The Kier molecular flexibility index (Phi) is 4.81. The molecular weight excluding hydrogens is 281 g/mol. The van der Waals surface area contributed by atoms with Crippen molar-refractivity contribution in [3.8, 4) is 5.75 Å². The van der Waals surface area contributed by atoms with Crippen LogP contribution in [0.3, 0.4) is 0 Å². The van der Waals surface area contributed by atoms with Crippen LogP contribution in [0.4, 0.5) is 10.1 Å². The van der Waals surface area contributed by atoms with Gasteiger partial charge in [0, 0.05) is 5.69 Å². The van der Waals surface area contributed by atoms with Crippen LogP contribution in [0.2, 0.25) is 0 Å². The van der Waals surface area contributed by atoms with E-state index >= 15 is 0 Å². The Bertz CT molecular complexity index is 645. The van der Waals surface area contributed by atoms with Crippen molar-refractivity contribution in [1.29, 1.82) is 0 Å². The van der Waals surface area contributed by atoms with Gasteiger partial charge in [0.05, 0.1) is 0 Å². The summed E-state index contributed by atoms with van der Waals surface area (Å²) in [7, 11) is 0. The number of rotatable bonds is 4. The molecule has 0 aliphatic carbocycles. The summed E-state index contributed by atoms with van der Waals surface area (Å²) in [6.45, 7) is 6.28. The quantitative estimate of drug-likeness (QED) is 0.921. The first kappa shape index (κ1) is 16.0. The maximum absolute atomic E-state index is 13.0. The van der Waals surface area contributed by atoms with Crippen molar-refractivity contribution in [2.24, 2.45) is 0 Å². The number of hydrogen-bond donors (Lipinski definition) is 1. The third-order valence-electron chi connectivity index (χ3n) is 3.20. The average molecular weight is 301 g/mol. The second-order valence-electron chi connectivity index (χ2n) is 6.12. The van der Waals surface area contributed by atoms with E-state index in [-0.39, 0.29) is 17.9 Å². The first-order chi connectivity index (χ1) is 10.3. The van der Waals surface area contributed by atoms with Crippen LogP contribution in [0.1, 0.15) is 26.3 Å². The van der Waals surface area contributed by atoms with Crippen LogP contribution in [0.15, 0.2) is 48.5 Å². The summed E-state index contributed by atoms with van der Waals surface area (Å²) >= 11 is 0. The van der Waals surface area contributed by atoms with Crippen LogP contribution in [-0.4, -0.2) is 12.5 Å². The molecule has 0 aliphatic heterocycles. The number of amides is 1. The maximum Gasteiger partial charge on any atom is 0.262 e. The molecule has 2 aromatic carbocycles. The van der Waals surface area contributed by atoms with E-state index in [1.165, 1.54) is 23.8 Å². The fourth-order valence-corrected chi connectivity index (χ4v) is 1.96. The predicted octanol–water partition coefficient (Wildman–Crippen LogP) is 4.14. The van der Waals surface area contributed by atoms with Crippen LogP contribution in [-0.2, 0) is 10.2 Å². The maximum atomic E-state index is 13.0. The van der Waals surface area contributed by atoms with Crippen molar-refractivity contribution in [3.05, 3.63) is 59.9 Å². The van der Waals surface area contributed by atoms with Crippen LogP contribution >= 0.6 is 0 Å². The van der Waals surface area contributed by atoms with Gasteiger partial charge in [0.2, 0.25) is 0 Å². The summed E-state index contributed by atoms with van der Waals surface area (Å²) < 4.78 is 18.5. The van der Waals surface area contributed by atoms with Crippen LogP contribution in [0, 0.1) is 5.82 Å². The highest BCUT2D eigenvalue weighted by Gasteiger charge is 2.13. The molecule has 0 fully saturated rings. The summed E-state index contributed by atoms with van der Waals surface area (Å²) in [6.07, 6.45) is 0. The summed E-state index contributed by atoms with van der Waals surface area (Å²) in [4.78, 5) is 11.8. The van der Waals surface area contributed by atoms with Gasteiger partial charge in [-0.3, -0.25) is 4.79 Å². The SMILES string of the molecule is CC(C)(C)c1ccc(OCC(=O)Nc2cccc(F)c2)cc1. The highest BCUT2D eigenvalue weighted by Crippen LogP contribution is 2.24. The van der Waals surface area contributed by atoms with Crippen LogP contribution in [0.5, 0.6) is 5.75 Å². The van der Waals surface area contributed by atoms with E-state index < -0.39 is 5.82 Å². The molecule has 0 bridgehead atoms. The molecule has 0 radical (unpaired) electrons. The van der Waals surface area contributed by atoms with Crippen LogP contribution < -0.4 is 10.1 Å². The molecule has 116 valence electrons. The molecule has 1 amide bonds. The highest BCUT2D eigenvalue weighted by molar-refractivity contribution is 5.91. The molecule has 1 N–H and O–H groups in total. The summed E-state index contributed by atoms with van der Waals surface area (Å²) in [5.41, 5.74) is 1.69. The standard InChI is InChI=1S/C18H20FNO2/c1-18(2,3)13-7-9-16(10-8-13)22-12-17(21)20-15-6-4-5-14(19)11-15/h4-11H,12H2,1-3H3,(H,20,21). The second-order valence-corrected chi connectivity index (χ2v) is 6.12. The Morgan fingerprint density at radius 3 is 2.41 bits per heavy atom. The van der Waals surface area contributed by atoms with Gasteiger partial charge in [-0.25, -0.2) is 4.39 Å². The van der Waals surface area contributed by atoms with Crippen molar-refractivity contribution < 1.29 is 13.9 Å². The largest absolute Gasteiger partial charge is 0.484 e. The van der Waals surface area contributed by atoms with E-state index in [1.54, 1.807) is 6.07 Å². The molecule has 0 saturated heterocycles. The Hall–Kier alpha value is -2.36. The number of benzene rings is 2. The molecule has 0 saturated carbocycles. The number of ether oxygens (including phenoxy) is 1. The lowest BCUT2D eigenvalue weighted by Gasteiger charge is -2.19. The zero-order valence-corrected chi connectivity index (χ0v) is 13.0. The lowest BCUT2D eigenvalue weighted by Crippen LogP contribution is -2.20. The Morgan fingerprint density at radius 1 is 1.14 bits per heavy atom. The third kappa shape index (κ3) is 4.58. The smallest absolute Gasteiger partial charge is 0.262 e. The number of nitrogens with one attached hydrogen (secondary N) is 1. The van der Waals surface area contributed by atoms with E-state index in [4.69, 9.17) is 4.74 Å². The van der Waals surface area contributed by atoms with E-state index in [0.717, 1.165) is 0 Å². The second kappa shape index (κ2) is 6.60. The van der Waals surface area contributed by atoms with E-state index in [2.05, 4.69) is 26.1 Å². The molecule has 22 heavy (non-hydrogen) atoms. The third-order valence-corrected chi connectivity index (χ3v) is 3.20. The zero-order valence-electron chi connectivity index (χ0n) is 13.0. The van der Waals surface area contributed by atoms with Gasteiger partial charge in [-0.1, -0.05) is 39.0 Å². The first-order valence-electron chi connectivity index (χ1n) is 7.13. The lowest BCUT2D eigenvalue weighted by molar-refractivity contribution is -0.118. The predicted molar refractivity (Wildman–Crippen MR) is 85.7 cm³/mol. The molecule has 0 heterocycles. The van der Waals surface area contributed by atoms with Crippen molar-refractivity contribution in [2.45, 2.75) is 26.2 Å². The van der Waals surface area contributed by atoms with Crippen molar-refractivity contribution in [1.82, 2.24) is 0 Å². The van der Waals surface area contributed by atoms with Gasteiger partial charge in [-0.15, -0.1) is 0 Å². The molecule has 0 spiro atoms.